The highest BCUT2D eigenvalue weighted by Crippen LogP contribution is 2.48. The van der Waals surface area contributed by atoms with Crippen molar-refractivity contribution < 1.29 is 9.21 Å². The summed E-state index contributed by atoms with van der Waals surface area (Å²) in [5.74, 6) is 2.08. The van der Waals surface area contributed by atoms with Gasteiger partial charge in [0.25, 0.3) is 5.91 Å². The predicted molar refractivity (Wildman–Crippen MR) is 67.5 cm³/mol. The van der Waals surface area contributed by atoms with Crippen LogP contribution in [-0.2, 0) is 0 Å². The van der Waals surface area contributed by atoms with Crippen LogP contribution in [0.5, 0.6) is 0 Å². The molecule has 1 heterocycles. The Morgan fingerprint density at radius 2 is 2.24 bits per heavy atom. The van der Waals surface area contributed by atoms with E-state index in [0.717, 1.165) is 18.7 Å². The Morgan fingerprint density at radius 3 is 2.71 bits per heavy atom. The van der Waals surface area contributed by atoms with Crippen LogP contribution in [0.3, 0.4) is 0 Å². The maximum Gasteiger partial charge on any atom is 0.254 e. The summed E-state index contributed by atoms with van der Waals surface area (Å²) in [4.78, 5) is 12.0. The number of halogens is 1. The molecule has 0 saturated heterocycles. The van der Waals surface area contributed by atoms with Gasteiger partial charge in [0, 0.05) is 12.4 Å². The number of hydrogen-bond acceptors (Lipinski definition) is 2. The summed E-state index contributed by atoms with van der Waals surface area (Å²) in [5.41, 5.74) is 0.911. The van der Waals surface area contributed by atoms with Gasteiger partial charge in [-0.15, -0.1) is 11.6 Å². The van der Waals surface area contributed by atoms with E-state index in [1.54, 1.807) is 6.07 Å². The van der Waals surface area contributed by atoms with Crippen LogP contribution in [0.4, 0.5) is 0 Å². The molecule has 17 heavy (non-hydrogen) atoms. The van der Waals surface area contributed by atoms with Crippen molar-refractivity contribution in [2.75, 3.05) is 12.4 Å². The standard InChI is InChI=1S/C13H18ClNO2/c1-9-7-11(10(2)17-9)12(16)15-8-13(3-4-13)5-6-14/h7H,3-6,8H2,1-2H3,(H,15,16). The van der Waals surface area contributed by atoms with E-state index in [2.05, 4.69) is 5.32 Å². The summed E-state index contributed by atoms with van der Waals surface area (Å²) in [6, 6.07) is 1.78. The number of hydrogen-bond donors (Lipinski definition) is 1. The molecule has 94 valence electrons. The van der Waals surface area contributed by atoms with Gasteiger partial charge in [-0.25, -0.2) is 0 Å². The predicted octanol–water partition coefficient (Wildman–Crippen LogP) is 3.04. The number of carbonyl (C=O) groups excluding carboxylic acids is 1. The third-order valence-corrected chi connectivity index (χ3v) is 3.68. The third-order valence-electron chi connectivity index (χ3n) is 3.49. The molecular weight excluding hydrogens is 238 g/mol. The summed E-state index contributed by atoms with van der Waals surface area (Å²) < 4.78 is 5.35. The average molecular weight is 256 g/mol. The Balaban J connectivity index is 1.92. The molecule has 1 aromatic heterocycles. The molecule has 0 bridgehead atoms. The van der Waals surface area contributed by atoms with E-state index in [9.17, 15) is 4.79 Å². The van der Waals surface area contributed by atoms with E-state index in [-0.39, 0.29) is 11.3 Å². The first-order valence-electron chi connectivity index (χ1n) is 5.97. The van der Waals surface area contributed by atoms with Crippen molar-refractivity contribution in [1.82, 2.24) is 5.32 Å². The van der Waals surface area contributed by atoms with Gasteiger partial charge in [-0.05, 0) is 44.6 Å². The molecule has 0 unspecified atom stereocenters. The van der Waals surface area contributed by atoms with E-state index in [1.807, 2.05) is 13.8 Å². The second-order valence-electron chi connectivity index (χ2n) is 4.95. The fourth-order valence-electron chi connectivity index (χ4n) is 2.11. The zero-order valence-corrected chi connectivity index (χ0v) is 11.1. The summed E-state index contributed by atoms with van der Waals surface area (Å²) in [7, 11) is 0. The monoisotopic (exact) mass is 255 g/mol. The van der Waals surface area contributed by atoms with E-state index in [4.69, 9.17) is 16.0 Å². The lowest BCUT2D eigenvalue weighted by Crippen LogP contribution is -2.30. The highest BCUT2D eigenvalue weighted by Gasteiger charge is 2.41. The van der Waals surface area contributed by atoms with Crippen LogP contribution in [0.2, 0.25) is 0 Å². The van der Waals surface area contributed by atoms with Gasteiger partial charge in [0.05, 0.1) is 5.56 Å². The number of amides is 1. The molecule has 3 nitrogen and oxygen atoms in total. The summed E-state index contributed by atoms with van der Waals surface area (Å²) in [6.07, 6.45) is 3.32. The van der Waals surface area contributed by atoms with E-state index < -0.39 is 0 Å². The first kappa shape index (κ1) is 12.5. The molecule has 2 rings (SSSR count). The van der Waals surface area contributed by atoms with Gasteiger partial charge in [0.15, 0.2) is 0 Å². The zero-order chi connectivity index (χ0) is 12.5. The Labute approximate surface area is 107 Å². The second kappa shape index (κ2) is 4.73. The van der Waals surface area contributed by atoms with Gasteiger partial charge in [-0.2, -0.15) is 0 Å². The number of alkyl halides is 1. The number of aryl methyl sites for hydroxylation is 2. The molecule has 0 aromatic carbocycles. The third kappa shape index (κ3) is 2.83. The van der Waals surface area contributed by atoms with Crippen molar-refractivity contribution >= 4 is 17.5 Å². The number of rotatable bonds is 5. The SMILES string of the molecule is Cc1cc(C(=O)NCC2(CCCl)CC2)c(C)o1. The molecule has 1 saturated carbocycles. The quantitative estimate of drug-likeness (QED) is 0.822. The first-order valence-corrected chi connectivity index (χ1v) is 6.51. The molecule has 0 radical (unpaired) electrons. The lowest BCUT2D eigenvalue weighted by molar-refractivity contribution is 0.0943. The Kier molecular flexibility index (Phi) is 3.48. The smallest absolute Gasteiger partial charge is 0.254 e. The highest BCUT2D eigenvalue weighted by molar-refractivity contribution is 6.17. The van der Waals surface area contributed by atoms with E-state index in [1.165, 1.54) is 12.8 Å². The average Bonchev–Trinajstić information content (AvgIpc) is 2.95. The minimum absolute atomic E-state index is 0.0415. The maximum absolute atomic E-state index is 12.0. The largest absolute Gasteiger partial charge is 0.466 e. The number of furan rings is 1. The molecule has 0 spiro atoms. The van der Waals surface area contributed by atoms with Crippen molar-refractivity contribution in [3.8, 4) is 0 Å². The fourth-order valence-corrected chi connectivity index (χ4v) is 2.51. The summed E-state index contributed by atoms with van der Waals surface area (Å²) in [6.45, 7) is 4.38. The van der Waals surface area contributed by atoms with Crippen LogP contribution in [-0.4, -0.2) is 18.3 Å². The van der Waals surface area contributed by atoms with Crippen LogP contribution in [0.25, 0.3) is 0 Å². The number of nitrogens with one attached hydrogen (secondary N) is 1. The topological polar surface area (TPSA) is 42.2 Å². The van der Waals surface area contributed by atoms with Crippen molar-refractivity contribution in [1.29, 1.82) is 0 Å². The normalized spacial score (nSPS) is 16.9. The van der Waals surface area contributed by atoms with Gasteiger partial charge in [0.1, 0.15) is 11.5 Å². The lowest BCUT2D eigenvalue weighted by Gasteiger charge is -2.13. The van der Waals surface area contributed by atoms with Crippen molar-refractivity contribution in [3.05, 3.63) is 23.2 Å². The number of carbonyl (C=O) groups is 1. The van der Waals surface area contributed by atoms with Crippen LogP contribution in [0, 0.1) is 19.3 Å². The molecule has 0 atom stereocenters. The fraction of sp³-hybridized carbons (Fsp3) is 0.615. The second-order valence-corrected chi connectivity index (χ2v) is 5.33. The van der Waals surface area contributed by atoms with Gasteiger partial charge in [-0.3, -0.25) is 4.79 Å². The summed E-state index contributed by atoms with van der Waals surface area (Å²) >= 11 is 5.76. The molecular formula is C13H18ClNO2. The maximum atomic E-state index is 12.0. The lowest BCUT2D eigenvalue weighted by atomic mass is 10.0. The zero-order valence-electron chi connectivity index (χ0n) is 10.3. The molecule has 1 N–H and O–H groups in total. The molecule has 1 amide bonds. The Hall–Kier alpha value is -0.960. The first-order chi connectivity index (χ1) is 8.06. The van der Waals surface area contributed by atoms with E-state index in [0.29, 0.717) is 17.2 Å². The molecule has 1 aromatic rings. The molecule has 4 heteroatoms. The molecule has 1 aliphatic carbocycles. The van der Waals surface area contributed by atoms with Crippen molar-refractivity contribution in [2.24, 2.45) is 5.41 Å². The highest BCUT2D eigenvalue weighted by atomic mass is 35.5. The van der Waals surface area contributed by atoms with E-state index >= 15 is 0 Å². The molecule has 0 aliphatic heterocycles. The van der Waals surface area contributed by atoms with Crippen LogP contribution < -0.4 is 5.32 Å². The minimum atomic E-state index is -0.0415. The molecule has 1 fully saturated rings. The minimum Gasteiger partial charge on any atom is -0.466 e. The van der Waals surface area contributed by atoms with Gasteiger partial charge < -0.3 is 9.73 Å². The van der Waals surface area contributed by atoms with Gasteiger partial charge in [-0.1, -0.05) is 0 Å². The summed E-state index contributed by atoms with van der Waals surface area (Å²) in [5, 5.41) is 2.98. The molecule has 1 aliphatic rings. The van der Waals surface area contributed by atoms with Crippen LogP contribution in [0.1, 0.15) is 41.1 Å². The van der Waals surface area contributed by atoms with Crippen LogP contribution >= 0.6 is 11.6 Å². The Bertz CT molecular complexity index is 421. The van der Waals surface area contributed by atoms with Crippen molar-refractivity contribution in [3.63, 3.8) is 0 Å². The Morgan fingerprint density at radius 1 is 1.53 bits per heavy atom. The van der Waals surface area contributed by atoms with Crippen molar-refractivity contribution in [2.45, 2.75) is 33.1 Å². The van der Waals surface area contributed by atoms with Crippen LogP contribution in [0.15, 0.2) is 10.5 Å². The van der Waals surface area contributed by atoms with Gasteiger partial charge in [0.2, 0.25) is 0 Å². The van der Waals surface area contributed by atoms with Gasteiger partial charge >= 0.3 is 0 Å².